The minimum atomic E-state index is -0.565. The number of quaternary nitrogens is 1. The van der Waals surface area contributed by atoms with E-state index in [1.807, 2.05) is 12.1 Å². The Bertz CT molecular complexity index is 971. The second-order valence-electron chi connectivity index (χ2n) is 10.1. The van der Waals surface area contributed by atoms with Gasteiger partial charge in [-0.25, -0.2) is 0 Å². The van der Waals surface area contributed by atoms with E-state index in [1.54, 1.807) is 23.6 Å². The van der Waals surface area contributed by atoms with E-state index < -0.39 is 11.5 Å². The zero-order chi connectivity index (χ0) is 22.9. The van der Waals surface area contributed by atoms with Crippen molar-refractivity contribution >= 4 is 23.2 Å². The summed E-state index contributed by atoms with van der Waals surface area (Å²) in [6.07, 6.45) is 9.41. The van der Waals surface area contributed by atoms with E-state index in [1.165, 1.54) is 12.8 Å². The van der Waals surface area contributed by atoms with Crippen LogP contribution < -0.4 is 22.7 Å². The molecule has 0 radical (unpaired) electrons. The van der Waals surface area contributed by atoms with Crippen LogP contribution in [0.5, 0.6) is 0 Å². The van der Waals surface area contributed by atoms with Crippen LogP contribution in [0.3, 0.4) is 0 Å². The normalized spacial score (nSPS) is 28.8. The number of hydrogen-bond donors (Lipinski definition) is 1. The largest absolute Gasteiger partial charge is 1.00 e. The van der Waals surface area contributed by atoms with Crippen LogP contribution in [-0.2, 0) is 19.7 Å². The van der Waals surface area contributed by atoms with Crippen molar-refractivity contribution < 1.29 is 35.8 Å². The van der Waals surface area contributed by atoms with Crippen molar-refractivity contribution in [2.45, 2.75) is 68.9 Å². The third-order valence-corrected chi connectivity index (χ3v) is 9.32. The number of carbonyl (C=O) groups is 2. The van der Waals surface area contributed by atoms with Crippen LogP contribution in [-0.4, -0.2) is 52.3 Å². The number of rotatable bonds is 6. The average molecular weight is 550 g/mol. The molecular formula is C25H33BrN4O3S. The van der Waals surface area contributed by atoms with Gasteiger partial charge in [0.2, 0.25) is 6.04 Å². The van der Waals surface area contributed by atoms with Crippen molar-refractivity contribution in [3.05, 3.63) is 46.4 Å². The monoisotopic (exact) mass is 548 g/mol. The lowest BCUT2D eigenvalue weighted by Crippen LogP contribution is -3.00. The van der Waals surface area contributed by atoms with Gasteiger partial charge in [0.1, 0.15) is 17.7 Å². The van der Waals surface area contributed by atoms with E-state index in [9.17, 15) is 9.59 Å². The first-order valence-corrected chi connectivity index (χ1v) is 13.1. The highest BCUT2D eigenvalue weighted by molar-refractivity contribution is 7.10. The molecule has 7 nitrogen and oxygen atoms in total. The summed E-state index contributed by atoms with van der Waals surface area (Å²) < 4.78 is 6.91. The molecule has 5 heterocycles. The van der Waals surface area contributed by atoms with Crippen molar-refractivity contribution in [3.8, 4) is 0 Å². The fourth-order valence-corrected chi connectivity index (χ4v) is 7.47. The number of ether oxygens (including phenoxy) is 1. The maximum absolute atomic E-state index is 13.9. The van der Waals surface area contributed by atoms with E-state index in [0.29, 0.717) is 22.6 Å². The molecule has 1 saturated carbocycles. The number of thiophene rings is 1. The Morgan fingerprint density at radius 3 is 2.44 bits per heavy atom. The van der Waals surface area contributed by atoms with Gasteiger partial charge in [-0.15, -0.1) is 16.4 Å². The molecule has 4 aliphatic rings. The highest BCUT2D eigenvalue weighted by atomic mass is 79.9. The van der Waals surface area contributed by atoms with Gasteiger partial charge < -0.3 is 31.9 Å². The van der Waals surface area contributed by atoms with Gasteiger partial charge in [-0.05, 0) is 36.4 Å². The third-order valence-electron chi connectivity index (χ3n) is 8.25. The van der Waals surface area contributed by atoms with Crippen LogP contribution in [0.2, 0.25) is 0 Å². The number of nitrogens with zero attached hydrogens (tertiary/aromatic N) is 3. The van der Waals surface area contributed by atoms with Gasteiger partial charge in [0, 0.05) is 29.8 Å². The Balaban J connectivity index is 0.00000274. The Morgan fingerprint density at radius 1 is 1.12 bits per heavy atom. The zero-order valence-corrected chi connectivity index (χ0v) is 21.8. The number of primary amides is 1. The van der Waals surface area contributed by atoms with Gasteiger partial charge in [-0.3, -0.25) is 9.59 Å². The van der Waals surface area contributed by atoms with Crippen LogP contribution in [0.25, 0.3) is 0 Å². The lowest BCUT2D eigenvalue weighted by Gasteiger charge is -2.54. The van der Waals surface area contributed by atoms with Crippen molar-refractivity contribution in [1.29, 1.82) is 0 Å². The first-order chi connectivity index (χ1) is 16.0. The molecule has 184 valence electrons. The predicted octanol–water partition coefficient (Wildman–Crippen LogP) is 0.513. The molecule has 3 saturated heterocycles. The van der Waals surface area contributed by atoms with Crippen molar-refractivity contribution in [1.82, 2.24) is 10.2 Å². The second kappa shape index (κ2) is 10.4. The molecule has 1 amide bonds. The first-order valence-electron chi connectivity index (χ1n) is 12.2. The smallest absolute Gasteiger partial charge is 0.317 e. The first kappa shape index (κ1) is 25.3. The zero-order valence-electron chi connectivity index (χ0n) is 19.4. The maximum atomic E-state index is 13.9. The number of piperidine rings is 3. The number of fused-ring (bicyclic) bond motifs is 3. The average Bonchev–Trinajstić information content (AvgIpc) is 3.25. The number of amides is 1. The predicted molar refractivity (Wildman–Crippen MR) is 125 cm³/mol. The molecule has 2 N–H and O–H groups in total. The van der Waals surface area contributed by atoms with E-state index in [2.05, 4.69) is 21.6 Å². The molecule has 1 unspecified atom stereocenters. The van der Waals surface area contributed by atoms with Crippen molar-refractivity contribution in [2.24, 2.45) is 11.7 Å². The Labute approximate surface area is 215 Å². The number of halogens is 1. The quantitative estimate of drug-likeness (QED) is 0.322. The standard InChI is InChI=1S/C25H32N4O3S.BrH/c26-23(30)22(19-7-5-13-27-28-19)29-14-9-18(10-15-29)20(17-29)32-24(31)25(21-8-6-16-33-21)11-3-1-2-4-12-25;/h5-8,13,16,18,20,22H,1-4,9-12,14-15,17H2,(H-,26,30);1H/t18?,20-,22?,29?;/m0./s1. The Morgan fingerprint density at radius 2 is 1.85 bits per heavy atom. The number of nitrogens with two attached hydrogens (primary N) is 1. The van der Waals surface area contributed by atoms with E-state index in [-0.39, 0.29) is 35.0 Å². The van der Waals surface area contributed by atoms with Gasteiger partial charge in [-0.2, -0.15) is 5.10 Å². The fraction of sp³-hybridized carbons (Fsp3) is 0.600. The van der Waals surface area contributed by atoms with E-state index >= 15 is 0 Å². The highest BCUT2D eigenvalue weighted by Crippen LogP contribution is 2.45. The SMILES string of the molecule is NC(=O)C(c1cccnn1)[N+]12CCC(CC1)[C@@H](OC(=O)C1(c3cccs3)CCCCCC1)C2.[Br-]. The summed E-state index contributed by atoms with van der Waals surface area (Å²) in [4.78, 5) is 27.6. The topological polar surface area (TPSA) is 95.2 Å². The minimum absolute atomic E-state index is 0. The Kier molecular flexibility index (Phi) is 7.74. The van der Waals surface area contributed by atoms with E-state index in [0.717, 1.165) is 56.5 Å². The van der Waals surface area contributed by atoms with Crippen LogP contribution in [0, 0.1) is 5.92 Å². The van der Waals surface area contributed by atoms with Crippen LogP contribution in [0.15, 0.2) is 35.8 Å². The number of aromatic nitrogens is 2. The molecule has 4 fully saturated rings. The summed E-state index contributed by atoms with van der Waals surface area (Å²) in [5.41, 5.74) is 5.99. The number of carbonyl (C=O) groups excluding carboxylic acids is 2. The fourth-order valence-electron chi connectivity index (χ4n) is 6.50. The van der Waals surface area contributed by atoms with Gasteiger partial charge >= 0.3 is 5.97 Å². The lowest BCUT2D eigenvalue weighted by atomic mass is 9.78. The van der Waals surface area contributed by atoms with Crippen LogP contribution in [0.1, 0.15) is 68.0 Å². The highest BCUT2D eigenvalue weighted by Gasteiger charge is 2.55. The van der Waals surface area contributed by atoms with Crippen molar-refractivity contribution in [2.75, 3.05) is 19.6 Å². The molecule has 2 aromatic heterocycles. The van der Waals surface area contributed by atoms with Gasteiger partial charge in [0.15, 0.2) is 6.10 Å². The molecule has 2 atom stereocenters. The summed E-state index contributed by atoms with van der Waals surface area (Å²) in [5.74, 6) is -0.117. The van der Waals surface area contributed by atoms with Gasteiger partial charge in [-0.1, -0.05) is 31.7 Å². The molecule has 2 bridgehead atoms. The molecule has 1 aliphatic carbocycles. The molecule has 0 aromatic carbocycles. The third kappa shape index (κ3) is 4.54. The summed E-state index contributed by atoms with van der Waals surface area (Å²) in [6, 6.07) is 7.19. The molecule has 0 spiro atoms. The molecule has 9 heteroatoms. The van der Waals surface area contributed by atoms with Crippen LogP contribution >= 0.6 is 11.3 Å². The molecular weight excluding hydrogens is 516 g/mol. The van der Waals surface area contributed by atoms with E-state index in [4.69, 9.17) is 10.5 Å². The molecule has 2 aromatic rings. The number of hydrogen-bond acceptors (Lipinski definition) is 6. The summed E-state index contributed by atoms with van der Waals surface area (Å²) in [5, 5.41) is 10.3. The Hall–Kier alpha value is -1.84. The maximum Gasteiger partial charge on any atom is 0.317 e. The lowest BCUT2D eigenvalue weighted by molar-refractivity contribution is -0.965. The molecule has 3 aliphatic heterocycles. The minimum Gasteiger partial charge on any atom is -1.00 e. The van der Waals surface area contributed by atoms with Crippen molar-refractivity contribution in [3.63, 3.8) is 0 Å². The van der Waals surface area contributed by atoms with Gasteiger partial charge in [0.05, 0.1) is 13.1 Å². The molecule has 6 rings (SSSR count). The molecule has 34 heavy (non-hydrogen) atoms. The van der Waals surface area contributed by atoms with Gasteiger partial charge in [0.25, 0.3) is 5.91 Å². The summed E-state index contributed by atoms with van der Waals surface area (Å²) >= 11 is 1.67. The summed E-state index contributed by atoms with van der Waals surface area (Å²) in [6.45, 7) is 2.30. The second-order valence-corrected chi connectivity index (χ2v) is 11.0. The summed E-state index contributed by atoms with van der Waals surface area (Å²) in [7, 11) is 0. The van der Waals surface area contributed by atoms with Crippen LogP contribution in [0.4, 0.5) is 0 Å². The number of esters is 1.